The molecule has 0 radical (unpaired) electrons. The van der Waals surface area contributed by atoms with Crippen molar-refractivity contribution in [2.45, 2.75) is 83.8 Å². The molecule has 7 nitrogen and oxygen atoms in total. The summed E-state index contributed by atoms with van der Waals surface area (Å²) in [5.41, 5.74) is 4.19. The average molecular weight is 465 g/mol. The number of rotatable bonds is 10. The van der Waals surface area contributed by atoms with Gasteiger partial charge in [-0.05, 0) is 76.5 Å². The van der Waals surface area contributed by atoms with Gasteiger partial charge >= 0.3 is 5.97 Å². The molecule has 2 atom stereocenters. The molecular formula is C27H36N4O3. The fourth-order valence-electron chi connectivity index (χ4n) is 5.46. The van der Waals surface area contributed by atoms with Crippen LogP contribution in [-0.2, 0) is 27.2 Å². The first-order chi connectivity index (χ1) is 16.5. The number of nitriles is 1. The molecule has 1 saturated carbocycles. The minimum absolute atomic E-state index is 0.129. The molecule has 2 aliphatic rings. The lowest BCUT2D eigenvalue weighted by atomic mass is 10.0. The van der Waals surface area contributed by atoms with Crippen molar-refractivity contribution < 1.29 is 14.3 Å². The third-order valence-corrected chi connectivity index (χ3v) is 7.35. The molecule has 1 aromatic carbocycles. The maximum Gasteiger partial charge on any atom is 0.320 e. The molecule has 1 N–H and O–H groups in total. The number of aryl methyl sites for hydroxylation is 2. The molecule has 1 amide bonds. The molecule has 4 rings (SSSR count). The Morgan fingerprint density at radius 1 is 1.29 bits per heavy atom. The number of amides is 1. The summed E-state index contributed by atoms with van der Waals surface area (Å²) in [5, 5.41) is 10.4. The number of aromatic amines is 1. The van der Waals surface area contributed by atoms with Gasteiger partial charge in [-0.1, -0.05) is 13.0 Å². The molecule has 182 valence electrons. The molecule has 2 heterocycles. The molecule has 1 saturated heterocycles. The van der Waals surface area contributed by atoms with Crippen LogP contribution in [0, 0.1) is 11.3 Å². The van der Waals surface area contributed by atoms with Gasteiger partial charge in [-0.15, -0.1) is 0 Å². The summed E-state index contributed by atoms with van der Waals surface area (Å²) >= 11 is 0. The van der Waals surface area contributed by atoms with E-state index in [1.807, 2.05) is 41.8 Å². The fourth-order valence-corrected chi connectivity index (χ4v) is 5.46. The van der Waals surface area contributed by atoms with E-state index in [-0.39, 0.29) is 30.5 Å². The minimum Gasteiger partial charge on any atom is -0.465 e. The van der Waals surface area contributed by atoms with Crippen molar-refractivity contribution in [3.63, 3.8) is 0 Å². The molecule has 1 unspecified atom stereocenters. The summed E-state index contributed by atoms with van der Waals surface area (Å²) in [6.45, 7) is 7.23. The van der Waals surface area contributed by atoms with Crippen LogP contribution in [0.25, 0.3) is 10.9 Å². The van der Waals surface area contributed by atoms with Gasteiger partial charge in [0.15, 0.2) is 0 Å². The van der Waals surface area contributed by atoms with Crippen LogP contribution in [0.15, 0.2) is 18.2 Å². The van der Waals surface area contributed by atoms with E-state index in [0.717, 1.165) is 57.0 Å². The van der Waals surface area contributed by atoms with Crippen molar-refractivity contribution in [3.05, 3.63) is 35.0 Å². The second-order valence-corrected chi connectivity index (χ2v) is 9.56. The Hall–Kier alpha value is -2.85. The van der Waals surface area contributed by atoms with Crippen LogP contribution >= 0.6 is 0 Å². The van der Waals surface area contributed by atoms with Gasteiger partial charge in [0.05, 0.1) is 30.8 Å². The Kier molecular flexibility index (Phi) is 7.57. The number of likely N-dealkylation sites (tertiary alicyclic amines) is 1. The maximum absolute atomic E-state index is 13.5. The fraction of sp³-hybridized carbons (Fsp3) is 0.593. The van der Waals surface area contributed by atoms with Crippen molar-refractivity contribution in [2.24, 2.45) is 0 Å². The quantitative estimate of drug-likeness (QED) is 0.538. The first-order valence-corrected chi connectivity index (χ1v) is 12.7. The Morgan fingerprint density at radius 2 is 2.09 bits per heavy atom. The van der Waals surface area contributed by atoms with Gasteiger partial charge < -0.3 is 14.6 Å². The summed E-state index contributed by atoms with van der Waals surface area (Å²) in [5.74, 6) is -0.123. The Morgan fingerprint density at radius 3 is 2.76 bits per heavy atom. The number of H-pyrrole nitrogens is 1. The molecule has 0 bridgehead atoms. The van der Waals surface area contributed by atoms with Crippen LogP contribution in [0.5, 0.6) is 0 Å². The summed E-state index contributed by atoms with van der Waals surface area (Å²) in [7, 11) is 0. The van der Waals surface area contributed by atoms with Gasteiger partial charge in [0.2, 0.25) is 5.91 Å². The monoisotopic (exact) mass is 464 g/mol. The molecular weight excluding hydrogens is 428 g/mol. The number of ether oxygens (including phenoxy) is 1. The molecule has 0 spiro atoms. The number of nitrogens with zero attached hydrogens (tertiary/aromatic N) is 3. The average Bonchev–Trinajstić information content (AvgIpc) is 3.46. The lowest BCUT2D eigenvalue weighted by Crippen LogP contribution is -2.51. The van der Waals surface area contributed by atoms with E-state index in [2.05, 4.69) is 18.0 Å². The summed E-state index contributed by atoms with van der Waals surface area (Å²) in [6, 6.07) is 8.25. The Labute approximate surface area is 202 Å². The van der Waals surface area contributed by atoms with E-state index < -0.39 is 0 Å². The normalized spacial score (nSPS) is 18.9. The third kappa shape index (κ3) is 5.12. The van der Waals surface area contributed by atoms with E-state index >= 15 is 0 Å². The summed E-state index contributed by atoms with van der Waals surface area (Å²) < 4.78 is 5.15. The van der Waals surface area contributed by atoms with Gasteiger partial charge in [0.25, 0.3) is 0 Å². The number of aromatic nitrogens is 1. The number of nitrogens with one attached hydrogen (secondary N) is 1. The van der Waals surface area contributed by atoms with Crippen molar-refractivity contribution in [2.75, 3.05) is 19.7 Å². The van der Waals surface area contributed by atoms with Gasteiger partial charge in [0.1, 0.15) is 0 Å². The van der Waals surface area contributed by atoms with Crippen molar-refractivity contribution in [1.82, 2.24) is 14.8 Å². The topological polar surface area (TPSA) is 89.4 Å². The van der Waals surface area contributed by atoms with E-state index in [9.17, 15) is 14.9 Å². The lowest BCUT2D eigenvalue weighted by Gasteiger charge is -2.33. The van der Waals surface area contributed by atoms with Gasteiger partial charge in [-0.2, -0.15) is 5.26 Å². The van der Waals surface area contributed by atoms with Crippen LogP contribution in [0.1, 0.15) is 69.7 Å². The van der Waals surface area contributed by atoms with Crippen LogP contribution in [-0.4, -0.2) is 64.5 Å². The van der Waals surface area contributed by atoms with Crippen molar-refractivity contribution in [3.8, 4) is 6.07 Å². The maximum atomic E-state index is 13.5. The molecule has 1 aliphatic heterocycles. The number of hydrogen-bond acceptors (Lipinski definition) is 5. The standard InChI is InChI=1S/C27H36N4O3/c1-4-22-23-12-8-19(16-28)15-25(23)29-24(22)13-11-20-7-6-14-30(20)27(33)18(3)31(21-9-10-21)17-26(32)34-5-2/h8,12,15,18,20-21,29H,4-7,9-11,13-14,17H2,1-3H3/t18?,20-/m0/s1. The first kappa shape index (κ1) is 24.3. The zero-order valence-corrected chi connectivity index (χ0v) is 20.6. The number of carbonyl (C=O) groups excluding carboxylic acids is 2. The summed E-state index contributed by atoms with van der Waals surface area (Å²) in [6.07, 6.45) is 6.81. The zero-order chi connectivity index (χ0) is 24.2. The highest BCUT2D eigenvalue weighted by molar-refractivity contribution is 5.86. The molecule has 1 aliphatic carbocycles. The SMILES string of the molecule is CCOC(=O)CN(C1CC1)C(C)C(=O)N1CCC[C@H]1CCc1[nH]c2cc(C#N)ccc2c1CC. The van der Waals surface area contributed by atoms with E-state index in [1.54, 1.807) is 0 Å². The second-order valence-electron chi connectivity index (χ2n) is 9.56. The van der Waals surface area contributed by atoms with Crippen LogP contribution < -0.4 is 0 Å². The number of esters is 1. The predicted octanol–water partition coefficient (Wildman–Crippen LogP) is 3.94. The predicted molar refractivity (Wildman–Crippen MR) is 131 cm³/mol. The van der Waals surface area contributed by atoms with E-state index in [4.69, 9.17) is 4.74 Å². The molecule has 2 fully saturated rings. The van der Waals surface area contributed by atoms with E-state index in [0.29, 0.717) is 18.2 Å². The molecule has 34 heavy (non-hydrogen) atoms. The van der Waals surface area contributed by atoms with E-state index in [1.165, 1.54) is 16.6 Å². The molecule has 7 heteroatoms. The van der Waals surface area contributed by atoms with Gasteiger partial charge in [-0.25, -0.2) is 0 Å². The van der Waals surface area contributed by atoms with Crippen molar-refractivity contribution in [1.29, 1.82) is 5.26 Å². The number of carbonyl (C=O) groups is 2. The Balaban J connectivity index is 1.44. The largest absolute Gasteiger partial charge is 0.465 e. The number of benzene rings is 1. The van der Waals surface area contributed by atoms with Crippen LogP contribution in [0.4, 0.5) is 0 Å². The highest BCUT2D eigenvalue weighted by Gasteiger charge is 2.40. The summed E-state index contributed by atoms with van der Waals surface area (Å²) in [4.78, 5) is 33.3. The second kappa shape index (κ2) is 10.6. The Bertz CT molecular complexity index is 1080. The number of fused-ring (bicyclic) bond motifs is 1. The van der Waals surface area contributed by atoms with Crippen LogP contribution in [0.2, 0.25) is 0 Å². The van der Waals surface area contributed by atoms with Crippen molar-refractivity contribution >= 4 is 22.8 Å². The first-order valence-electron chi connectivity index (χ1n) is 12.7. The lowest BCUT2D eigenvalue weighted by molar-refractivity contribution is -0.147. The minimum atomic E-state index is -0.318. The zero-order valence-electron chi connectivity index (χ0n) is 20.6. The smallest absolute Gasteiger partial charge is 0.320 e. The van der Waals surface area contributed by atoms with Gasteiger partial charge in [0, 0.05) is 35.2 Å². The van der Waals surface area contributed by atoms with Crippen LogP contribution in [0.3, 0.4) is 0 Å². The molecule has 1 aromatic heterocycles. The third-order valence-electron chi connectivity index (χ3n) is 7.35. The van der Waals surface area contributed by atoms with Gasteiger partial charge in [-0.3, -0.25) is 14.5 Å². The molecule has 2 aromatic rings. The highest BCUT2D eigenvalue weighted by Crippen LogP contribution is 2.31. The highest BCUT2D eigenvalue weighted by atomic mass is 16.5. The number of hydrogen-bond donors (Lipinski definition) is 1.